The van der Waals surface area contributed by atoms with Gasteiger partial charge in [-0.15, -0.1) is 0 Å². The van der Waals surface area contributed by atoms with Crippen LogP contribution in [0.15, 0.2) is 0 Å². The second kappa shape index (κ2) is 2.81. The maximum absolute atomic E-state index is 9.75. The van der Waals surface area contributed by atoms with E-state index < -0.39 is 0 Å². The van der Waals surface area contributed by atoms with Crippen LogP contribution >= 0.6 is 0 Å². The third-order valence-corrected chi connectivity index (χ3v) is 0.0282. The van der Waals surface area contributed by atoms with E-state index in [-0.39, 0.29) is 0 Å². The molecule has 26 valence electrons. The predicted molar refractivity (Wildman–Crippen MR) is 5.91 cm³/mol. The van der Waals surface area contributed by atoms with Crippen LogP contribution in [0.4, 0.5) is 4.53 Å². The van der Waals surface area contributed by atoms with Crippen LogP contribution < -0.4 is 0 Å². The van der Waals surface area contributed by atoms with Crippen LogP contribution in [-0.2, 0) is 10.1 Å². The zero-order valence-corrected chi connectivity index (χ0v) is 1.64. The summed E-state index contributed by atoms with van der Waals surface area (Å²) in [6.45, 7) is 0. The van der Waals surface area contributed by atoms with E-state index in [4.69, 9.17) is 5.26 Å². The van der Waals surface area contributed by atoms with Gasteiger partial charge in [-0.05, 0) is 9.56 Å². The van der Waals surface area contributed by atoms with Gasteiger partial charge in [0.15, 0.2) is 0 Å². The first-order chi connectivity index (χ1) is 1.91. The molecule has 0 atom stereocenters. The van der Waals surface area contributed by atoms with Crippen LogP contribution in [0.1, 0.15) is 0 Å². The first kappa shape index (κ1) is 3.81. The van der Waals surface area contributed by atoms with Gasteiger partial charge >= 0.3 is 0 Å². The lowest BCUT2D eigenvalue weighted by Crippen LogP contribution is -1.67. The molecule has 0 heterocycles. The van der Waals surface area contributed by atoms with Crippen molar-refractivity contribution in [2.75, 3.05) is 0 Å². The van der Waals surface area contributed by atoms with Gasteiger partial charge in [-0.25, -0.2) is 5.26 Å². The molecule has 0 spiro atoms. The van der Waals surface area contributed by atoms with Gasteiger partial charge in [0.1, 0.15) is 0 Å². The van der Waals surface area contributed by atoms with Crippen molar-refractivity contribution in [2.45, 2.75) is 0 Å². The molecule has 0 radical (unpaired) electrons. The van der Waals surface area contributed by atoms with Gasteiger partial charge in [-0.1, -0.05) is 0 Å². The zero-order chi connectivity index (χ0) is 3.41. The summed E-state index contributed by atoms with van der Waals surface area (Å²) in [6.07, 6.45) is 0. The molecule has 0 aromatic carbocycles. The fraction of sp³-hybridized carbons (Fsp3) is 0. The largest absolute Gasteiger partial charge is 0.219 e. The van der Waals surface area contributed by atoms with Crippen molar-refractivity contribution in [1.29, 1.82) is 0 Å². The van der Waals surface area contributed by atoms with Crippen LogP contribution in [0.25, 0.3) is 0 Å². The molecule has 0 amide bonds. The second-order valence-electron chi connectivity index (χ2n) is 0.138. The SMILES string of the molecule is OOOF. The molecule has 3 nitrogen and oxygen atoms in total. The summed E-state index contributed by atoms with van der Waals surface area (Å²) >= 11 is 0. The van der Waals surface area contributed by atoms with Crippen LogP contribution in [0.3, 0.4) is 0 Å². The third kappa shape index (κ3) is 1.81. The van der Waals surface area contributed by atoms with Crippen molar-refractivity contribution in [3.63, 3.8) is 0 Å². The zero-order valence-electron chi connectivity index (χ0n) is 1.64. The summed E-state index contributed by atoms with van der Waals surface area (Å²) in [6, 6.07) is 0. The molecule has 0 aromatic rings. The highest BCUT2D eigenvalue weighted by molar-refractivity contribution is 2.68. The number of rotatable bonds is 1. The fourth-order valence-corrected chi connectivity index (χ4v) is 0. The smallest absolute Gasteiger partial charge is 0.00774 e. The van der Waals surface area contributed by atoms with Gasteiger partial charge in [0.25, 0.3) is 0 Å². The summed E-state index contributed by atoms with van der Waals surface area (Å²) in [7, 11) is 0. The molecule has 0 unspecified atom stereocenters. The predicted octanol–water partition coefficient (Wildman–Crippen LogP) is 0.292. The highest BCUT2D eigenvalue weighted by Gasteiger charge is 1.58. The van der Waals surface area contributed by atoms with Crippen molar-refractivity contribution in [2.24, 2.45) is 0 Å². The Morgan fingerprint density at radius 2 is 2.00 bits per heavy atom. The highest BCUT2D eigenvalue weighted by Crippen LogP contribution is 1.62. The maximum Gasteiger partial charge on any atom is 0.00774 e. The Morgan fingerprint density at radius 1 is 1.75 bits per heavy atom. The van der Waals surface area contributed by atoms with E-state index in [9.17, 15) is 4.53 Å². The monoisotopic (exact) mass is 68.0 g/mol. The Hall–Kier alpha value is -0.190. The Labute approximate surface area is 21.3 Å². The first-order valence-electron chi connectivity index (χ1n) is 0.504. The minimum absolute atomic E-state index is 2.10. The van der Waals surface area contributed by atoms with Crippen molar-refractivity contribution in [3.05, 3.63) is 0 Å². The summed E-state index contributed by atoms with van der Waals surface area (Å²) < 4.78 is 9.75. The average Bonchev–Trinajstić information content (AvgIpc) is 1.37. The molecule has 0 rings (SSSR count). The lowest BCUT2D eigenvalue weighted by molar-refractivity contribution is -0.572. The van der Waals surface area contributed by atoms with Crippen molar-refractivity contribution >= 4 is 0 Å². The third-order valence-electron chi connectivity index (χ3n) is 0.0282. The lowest BCUT2D eigenvalue weighted by Gasteiger charge is -1.66. The summed E-state index contributed by atoms with van der Waals surface area (Å²) in [4.78, 5) is 0. The molecule has 0 saturated carbocycles. The Balaban J connectivity index is 1.97. The molecule has 4 heavy (non-hydrogen) atoms. The van der Waals surface area contributed by atoms with Crippen LogP contribution in [0.2, 0.25) is 0 Å². The standard InChI is InChI=1S/FHO3/c1-3-4-2/h2H. The number of hydrogen-bond donors (Lipinski definition) is 1. The van der Waals surface area contributed by atoms with Gasteiger partial charge < -0.3 is 0 Å². The van der Waals surface area contributed by atoms with Crippen molar-refractivity contribution in [3.8, 4) is 0 Å². The van der Waals surface area contributed by atoms with Crippen LogP contribution in [0.5, 0.6) is 0 Å². The van der Waals surface area contributed by atoms with E-state index in [2.05, 4.69) is 10.1 Å². The Kier molecular flexibility index (Phi) is 2.68. The molecule has 0 fully saturated rings. The molecule has 0 aliphatic rings. The fourth-order valence-electron chi connectivity index (χ4n) is 0. The molecule has 0 bridgehead atoms. The maximum atomic E-state index is 9.75. The average molecular weight is 68.0 g/mol. The molecular weight excluding hydrogens is 67.0 g/mol. The molecular formula is HFO3. The van der Waals surface area contributed by atoms with Gasteiger partial charge in [0, 0.05) is 5.09 Å². The van der Waals surface area contributed by atoms with E-state index in [0.29, 0.717) is 0 Å². The molecule has 0 aliphatic carbocycles. The van der Waals surface area contributed by atoms with Gasteiger partial charge in [0.05, 0.1) is 0 Å². The van der Waals surface area contributed by atoms with Crippen molar-refractivity contribution < 1.29 is 19.9 Å². The summed E-state index contributed by atoms with van der Waals surface area (Å²) in [5.74, 6) is 0. The second-order valence-corrected chi connectivity index (χ2v) is 0.138. The normalized spacial score (nSPS) is 7.50. The minimum Gasteiger partial charge on any atom is -0.219 e. The van der Waals surface area contributed by atoms with Gasteiger partial charge in [-0.3, -0.25) is 0 Å². The lowest BCUT2D eigenvalue weighted by atomic mass is 14.5. The molecule has 0 aliphatic heterocycles. The molecule has 0 aromatic heterocycles. The van der Waals surface area contributed by atoms with E-state index in [1.807, 2.05) is 0 Å². The number of halogens is 1. The summed E-state index contributed by atoms with van der Waals surface area (Å²) in [5, 5.41) is 11.2. The van der Waals surface area contributed by atoms with Crippen LogP contribution in [-0.4, -0.2) is 5.26 Å². The molecule has 1 N–H and O–H groups in total. The van der Waals surface area contributed by atoms with E-state index in [1.165, 1.54) is 0 Å². The Morgan fingerprint density at radius 3 is 2.00 bits per heavy atom. The molecule has 4 heteroatoms. The first-order valence-corrected chi connectivity index (χ1v) is 0.504. The van der Waals surface area contributed by atoms with E-state index in [1.54, 1.807) is 0 Å². The van der Waals surface area contributed by atoms with E-state index in [0.717, 1.165) is 0 Å². The summed E-state index contributed by atoms with van der Waals surface area (Å²) in [5.41, 5.74) is 0. The van der Waals surface area contributed by atoms with Gasteiger partial charge in [-0.2, -0.15) is 0 Å². The topological polar surface area (TPSA) is 38.7 Å². The van der Waals surface area contributed by atoms with Crippen LogP contribution in [0, 0.1) is 0 Å². The van der Waals surface area contributed by atoms with E-state index >= 15 is 0 Å². The molecule has 0 saturated heterocycles. The number of hydrogen-bond acceptors (Lipinski definition) is 3. The Bertz CT molecular complexity index is 5.25. The van der Waals surface area contributed by atoms with Crippen molar-refractivity contribution in [1.82, 2.24) is 0 Å². The van der Waals surface area contributed by atoms with Gasteiger partial charge in [0.2, 0.25) is 0 Å². The highest BCUT2D eigenvalue weighted by atomic mass is 19.3. The minimum atomic E-state index is 2.10. The quantitative estimate of drug-likeness (QED) is 0.354.